The molecule has 6 heteroatoms. The van der Waals surface area contributed by atoms with E-state index in [-0.39, 0.29) is 24.0 Å². The maximum atomic E-state index is 12.3. The van der Waals surface area contributed by atoms with Gasteiger partial charge in [-0.3, -0.25) is 4.79 Å². The molecule has 1 heterocycles. The second-order valence-corrected chi connectivity index (χ2v) is 5.83. The number of urea groups is 1. The average Bonchev–Trinajstić information content (AvgIpc) is 2.47. The topological polar surface area (TPSA) is 82.3 Å². The number of benzene rings is 1. The van der Waals surface area contributed by atoms with Crippen LogP contribution < -0.4 is 21.3 Å². The summed E-state index contributed by atoms with van der Waals surface area (Å²) in [6.45, 7) is 5.65. The maximum absolute atomic E-state index is 12.3. The Balaban J connectivity index is 1.95. The number of rotatable bonds is 4. The SMILES string of the molecule is CC(C)NC(=O)Nc1cccc(C(=O)NC2CCNCC2)c1. The summed E-state index contributed by atoms with van der Waals surface area (Å²) in [6.07, 6.45) is 1.89. The van der Waals surface area contributed by atoms with E-state index in [0.717, 1.165) is 25.9 Å². The van der Waals surface area contributed by atoms with E-state index in [4.69, 9.17) is 0 Å². The molecular weight excluding hydrogens is 280 g/mol. The molecule has 1 fully saturated rings. The van der Waals surface area contributed by atoms with E-state index in [0.29, 0.717) is 11.3 Å². The smallest absolute Gasteiger partial charge is 0.319 e. The Hall–Kier alpha value is -2.08. The molecule has 0 atom stereocenters. The lowest BCUT2D eigenvalue weighted by Crippen LogP contribution is -2.42. The molecule has 120 valence electrons. The molecule has 0 unspecified atom stereocenters. The fraction of sp³-hybridized carbons (Fsp3) is 0.500. The number of hydrogen-bond acceptors (Lipinski definition) is 3. The van der Waals surface area contributed by atoms with Gasteiger partial charge < -0.3 is 21.3 Å². The molecular formula is C16H24N4O2. The summed E-state index contributed by atoms with van der Waals surface area (Å²) < 4.78 is 0. The zero-order chi connectivity index (χ0) is 15.9. The first-order valence-electron chi connectivity index (χ1n) is 7.74. The lowest BCUT2D eigenvalue weighted by Gasteiger charge is -2.23. The summed E-state index contributed by atoms with van der Waals surface area (Å²) in [5.74, 6) is -0.0974. The quantitative estimate of drug-likeness (QED) is 0.683. The van der Waals surface area contributed by atoms with Crippen molar-refractivity contribution in [2.75, 3.05) is 18.4 Å². The van der Waals surface area contributed by atoms with E-state index in [2.05, 4.69) is 21.3 Å². The van der Waals surface area contributed by atoms with Crippen molar-refractivity contribution in [2.45, 2.75) is 38.8 Å². The van der Waals surface area contributed by atoms with Gasteiger partial charge in [-0.1, -0.05) is 6.07 Å². The Bertz CT molecular complexity index is 525. The molecule has 1 aliphatic rings. The first-order valence-corrected chi connectivity index (χ1v) is 7.74. The Labute approximate surface area is 131 Å². The average molecular weight is 304 g/mol. The lowest BCUT2D eigenvalue weighted by molar-refractivity contribution is 0.0929. The summed E-state index contributed by atoms with van der Waals surface area (Å²) >= 11 is 0. The zero-order valence-electron chi connectivity index (χ0n) is 13.1. The number of nitrogens with one attached hydrogen (secondary N) is 4. The van der Waals surface area contributed by atoms with Crippen LogP contribution in [0.4, 0.5) is 10.5 Å². The predicted molar refractivity (Wildman–Crippen MR) is 87.1 cm³/mol. The molecule has 3 amide bonds. The van der Waals surface area contributed by atoms with Gasteiger partial charge in [-0.2, -0.15) is 0 Å². The van der Waals surface area contributed by atoms with Crippen LogP contribution in [-0.2, 0) is 0 Å². The second kappa shape index (κ2) is 7.79. The van der Waals surface area contributed by atoms with E-state index < -0.39 is 0 Å². The molecule has 6 nitrogen and oxygen atoms in total. The minimum absolute atomic E-state index is 0.0615. The first kappa shape index (κ1) is 16.3. The maximum Gasteiger partial charge on any atom is 0.319 e. The van der Waals surface area contributed by atoms with Crippen molar-refractivity contribution in [3.05, 3.63) is 29.8 Å². The van der Waals surface area contributed by atoms with Crippen LogP contribution in [0.3, 0.4) is 0 Å². The summed E-state index contributed by atoms with van der Waals surface area (Å²) in [5.41, 5.74) is 1.16. The molecule has 0 saturated carbocycles. The lowest BCUT2D eigenvalue weighted by atomic mass is 10.1. The van der Waals surface area contributed by atoms with E-state index in [1.807, 2.05) is 13.8 Å². The van der Waals surface area contributed by atoms with Gasteiger partial charge in [-0.15, -0.1) is 0 Å². The Morgan fingerprint density at radius 3 is 2.64 bits per heavy atom. The van der Waals surface area contributed by atoms with Gasteiger partial charge >= 0.3 is 6.03 Å². The van der Waals surface area contributed by atoms with Crippen molar-refractivity contribution in [1.82, 2.24) is 16.0 Å². The van der Waals surface area contributed by atoms with Gasteiger partial charge in [-0.05, 0) is 58.0 Å². The van der Waals surface area contributed by atoms with E-state index in [1.54, 1.807) is 24.3 Å². The van der Waals surface area contributed by atoms with Crippen molar-refractivity contribution in [3.63, 3.8) is 0 Å². The molecule has 0 aromatic heterocycles. The number of piperidine rings is 1. The minimum atomic E-state index is -0.272. The van der Waals surface area contributed by atoms with E-state index >= 15 is 0 Å². The van der Waals surface area contributed by atoms with Crippen LogP contribution in [0.5, 0.6) is 0 Å². The largest absolute Gasteiger partial charge is 0.349 e. The van der Waals surface area contributed by atoms with Crippen molar-refractivity contribution in [2.24, 2.45) is 0 Å². The Morgan fingerprint density at radius 2 is 1.95 bits per heavy atom. The van der Waals surface area contributed by atoms with E-state index in [1.165, 1.54) is 0 Å². The molecule has 1 aromatic carbocycles. The summed E-state index contributed by atoms with van der Waals surface area (Å²) in [4.78, 5) is 24.0. The fourth-order valence-electron chi connectivity index (χ4n) is 2.40. The Morgan fingerprint density at radius 1 is 1.23 bits per heavy atom. The molecule has 22 heavy (non-hydrogen) atoms. The van der Waals surface area contributed by atoms with Crippen LogP contribution in [-0.4, -0.2) is 37.1 Å². The first-order chi connectivity index (χ1) is 10.5. The summed E-state index contributed by atoms with van der Waals surface area (Å²) in [5, 5.41) is 11.8. The molecule has 0 bridgehead atoms. The van der Waals surface area contributed by atoms with Crippen molar-refractivity contribution in [3.8, 4) is 0 Å². The normalized spacial score (nSPS) is 15.4. The molecule has 0 radical (unpaired) electrons. The molecule has 1 saturated heterocycles. The highest BCUT2D eigenvalue weighted by Crippen LogP contribution is 2.12. The number of hydrogen-bond donors (Lipinski definition) is 4. The third kappa shape index (κ3) is 5.04. The second-order valence-electron chi connectivity index (χ2n) is 5.83. The third-order valence-electron chi connectivity index (χ3n) is 3.48. The fourth-order valence-corrected chi connectivity index (χ4v) is 2.40. The number of amides is 3. The van der Waals surface area contributed by atoms with Gasteiger partial charge in [0.05, 0.1) is 0 Å². The van der Waals surface area contributed by atoms with Crippen molar-refractivity contribution in [1.29, 1.82) is 0 Å². The number of anilines is 1. The standard InChI is InChI=1S/C16H24N4O2/c1-11(2)18-16(22)20-14-5-3-4-12(10-14)15(21)19-13-6-8-17-9-7-13/h3-5,10-11,13,17H,6-9H2,1-2H3,(H,19,21)(H2,18,20,22). The van der Waals surface area contributed by atoms with Crippen LogP contribution in [0.2, 0.25) is 0 Å². The summed E-state index contributed by atoms with van der Waals surface area (Å²) in [7, 11) is 0. The van der Waals surface area contributed by atoms with Gasteiger partial charge in [0.25, 0.3) is 5.91 Å². The van der Waals surface area contributed by atoms with Crippen LogP contribution in [0.15, 0.2) is 24.3 Å². The van der Waals surface area contributed by atoms with Gasteiger partial charge in [0.2, 0.25) is 0 Å². The number of carbonyl (C=O) groups excluding carboxylic acids is 2. The van der Waals surface area contributed by atoms with Gasteiger partial charge in [-0.25, -0.2) is 4.79 Å². The van der Waals surface area contributed by atoms with Crippen LogP contribution in [0.1, 0.15) is 37.0 Å². The zero-order valence-corrected chi connectivity index (χ0v) is 13.1. The van der Waals surface area contributed by atoms with Crippen molar-refractivity contribution < 1.29 is 9.59 Å². The Kier molecular flexibility index (Phi) is 5.77. The monoisotopic (exact) mass is 304 g/mol. The van der Waals surface area contributed by atoms with Gasteiger partial charge in [0, 0.05) is 23.3 Å². The molecule has 0 aliphatic carbocycles. The third-order valence-corrected chi connectivity index (χ3v) is 3.48. The molecule has 2 rings (SSSR count). The minimum Gasteiger partial charge on any atom is -0.349 e. The molecule has 1 aliphatic heterocycles. The van der Waals surface area contributed by atoms with Gasteiger partial charge in [0.15, 0.2) is 0 Å². The van der Waals surface area contributed by atoms with Crippen LogP contribution >= 0.6 is 0 Å². The van der Waals surface area contributed by atoms with Crippen LogP contribution in [0, 0.1) is 0 Å². The number of carbonyl (C=O) groups is 2. The predicted octanol–water partition coefficient (Wildman–Crippen LogP) is 1.70. The van der Waals surface area contributed by atoms with E-state index in [9.17, 15) is 9.59 Å². The molecule has 1 aromatic rings. The highest BCUT2D eigenvalue weighted by molar-refractivity contribution is 5.97. The molecule has 4 N–H and O–H groups in total. The van der Waals surface area contributed by atoms with Gasteiger partial charge in [0.1, 0.15) is 0 Å². The highest BCUT2D eigenvalue weighted by atomic mass is 16.2. The molecule has 0 spiro atoms. The highest BCUT2D eigenvalue weighted by Gasteiger charge is 2.16. The summed E-state index contributed by atoms with van der Waals surface area (Å²) in [6, 6.07) is 6.98. The van der Waals surface area contributed by atoms with Crippen molar-refractivity contribution >= 4 is 17.6 Å². The van der Waals surface area contributed by atoms with Crippen LogP contribution in [0.25, 0.3) is 0 Å².